The maximum absolute atomic E-state index is 12.6. The fourth-order valence-electron chi connectivity index (χ4n) is 2.64. The second-order valence-electron chi connectivity index (χ2n) is 5.22. The Morgan fingerprint density at radius 2 is 2.30 bits per heavy atom. The number of hydrogen-bond acceptors (Lipinski definition) is 3. The van der Waals surface area contributed by atoms with Crippen LogP contribution in [-0.4, -0.2) is 43.6 Å². The minimum absolute atomic E-state index is 0.0822. The molecule has 1 saturated heterocycles. The van der Waals surface area contributed by atoms with Crippen molar-refractivity contribution in [3.8, 4) is 5.75 Å². The Morgan fingerprint density at radius 3 is 2.95 bits per heavy atom. The second kappa shape index (κ2) is 7.29. The van der Waals surface area contributed by atoms with Crippen LogP contribution in [0.1, 0.15) is 36.5 Å². The van der Waals surface area contributed by atoms with Gasteiger partial charge in [0.15, 0.2) is 0 Å². The number of amides is 1. The first kappa shape index (κ1) is 14.9. The molecule has 0 aliphatic carbocycles. The van der Waals surface area contributed by atoms with Crippen LogP contribution in [0.4, 0.5) is 0 Å². The Hall–Kier alpha value is -1.55. The maximum Gasteiger partial charge on any atom is 0.254 e. The van der Waals surface area contributed by atoms with Crippen LogP contribution in [0, 0.1) is 0 Å². The van der Waals surface area contributed by atoms with Crippen molar-refractivity contribution in [1.82, 2.24) is 10.2 Å². The molecule has 1 aromatic carbocycles. The van der Waals surface area contributed by atoms with E-state index in [-0.39, 0.29) is 5.91 Å². The summed E-state index contributed by atoms with van der Waals surface area (Å²) in [5.41, 5.74) is 0.696. The Kier molecular flexibility index (Phi) is 5.41. The number of carbonyl (C=O) groups is 1. The van der Waals surface area contributed by atoms with Crippen molar-refractivity contribution in [2.45, 2.75) is 32.2 Å². The molecule has 1 aromatic rings. The lowest BCUT2D eigenvalue weighted by atomic mass is 10.0. The van der Waals surface area contributed by atoms with Crippen LogP contribution in [-0.2, 0) is 0 Å². The van der Waals surface area contributed by atoms with Gasteiger partial charge in [0, 0.05) is 24.7 Å². The van der Waals surface area contributed by atoms with E-state index >= 15 is 0 Å². The smallest absolute Gasteiger partial charge is 0.254 e. The van der Waals surface area contributed by atoms with Crippen LogP contribution >= 0.6 is 0 Å². The summed E-state index contributed by atoms with van der Waals surface area (Å²) in [6.45, 7) is 4.61. The zero-order valence-corrected chi connectivity index (χ0v) is 12.4. The first-order valence-electron chi connectivity index (χ1n) is 7.41. The van der Waals surface area contributed by atoms with E-state index in [4.69, 9.17) is 4.74 Å². The molecule has 1 aliphatic rings. The highest BCUT2D eigenvalue weighted by Crippen LogP contribution is 2.16. The van der Waals surface area contributed by atoms with Gasteiger partial charge >= 0.3 is 0 Å². The van der Waals surface area contributed by atoms with Crippen molar-refractivity contribution in [3.63, 3.8) is 0 Å². The van der Waals surface area contributed by atoms with Crippen LogP contribution < -0.4 is 10.1 Å². The lowest BCUT2D eigenvalue weighted by Gasteiger charge is -2.30. The molecule has 110 valence electrons. The molecule has 4 nitrogen and oxygen atoms in total. The Morgan fingerprint density at radius 1 is 1.45 bits per heavy atom. The maximum atomic E-state index is 12.6. The van der Waals surface area contributed by atoms with E-state index in [0.29, 0.717) is 11.6 Å². The molecule has 0 spiro atoms. The Labute approximate surface area is 121 Å². The topological polar surface area (TPSA) is 41.6 Å². The standard InChI is InChI=1S/C16H24N2O2/c1-3-18(12-14-8-4-5-10-17-14)16(19)13-7-6-9-15(11-13)20-2/h6-7,9,11,14,17H,3-5,8,10,12H2,1-2H3. The molecule has 0 saturated carbocycles. The monoisotopic (exact) mass is 276 g/mol. The summed E-state index contributed by atoms with van der Waals surface area (Å²) in [4.78, 5) is 14.5. The second-order valence-corrected chi connectivity index (χ2v) is 5.22. The Balaban J connectivity index is 2.03. The summed E-state index contributed by atoms with van der Waals surface area (Å²) in [5.74, 6) is 0.807. The fraction of sp³-hybridized carbons (Fsp3) is 0.562. The lowest BCUT2D eigenvalue weighted by molar-refractivity contribution is 0.0741. The summed E-state index contributed by atoms with van der Waals surface area (Å²) in [7, 11) is 1.62. The third-order valence-corrected chi connectivity index (χ3v) is 3.84. The van der Waals surface area contributed by atoms with Gasteiger partial charge in [-0.05, 0) is 44.5 Å². The Bertz CT molecular complexity index is 442. The number of methoxy groups -OCH3 is 1. The van der Waals surface area contributed by atoms with Crippen LogP contribution in [0.15, 0.2) is 24.3 Å². The van der Waals surface area contributed by atoms with E-state index in [2.05, 4.69) is 5.32 Å². The van der Waals surface area contributed by atoms with Gasteiger partial charge in [0.2, 0.25) is 0 Å². The van der Waals surface area contributed by atoms with E-state index in [0.717, 1.165) is 31.8 Å². The largest absolute Gasteiger partial charge is 0.497 e. The van der Waals surface area contributed by atoms with Crippen molar-refractivity contribution in [2.24, 2.45) is 0 Å². The number of likely N-dealkylation sites (N-methyl/N-ethyl adjacent to an activating group) is 1. The van der Waals surface area contributed by atoms with Gasteiger partial charge in [0.1, 0.15) is 5.75 Å². The van der Waals surface area contributed by atoms with E-state index < -0.39 is 0 Å². The van der Waals surface area contributed by atoms with Crippen LogP contribution in [0.5, 0.6) is 5.75 Å². The van der Waals surface area contributed by atoms with Gasteiger partial charge in [0.05, 0.1) is 7.11 Å². The molecule has 0 aromatic heterocycles. The number of nitrogens with zero attached hydrogens (tertiary/aromatic N) is 1. The molecule has 0 bridgehead atoms. The SMILES string of the molecule is CCN(CC1CCCCN1)C(=O)c1cccc(OC)c1. The molecular weight excluding hydrogens is 252 g/mol. The first-order valence-corrected chi connectivity index (χ1v) is 7.41. The summed E-state index contributed by atoms with van der Waals surface area (Å²) >= 11 is 0. The lowest BCUT2D eigenvalue weighted by Crippen LogP contribution is -2.45. The number of hydrogen-bond donors (Lipinski definition) is 1. The van der Waals surface area contributed by atoms with Gasteiger partial charge in [-0.3, -0.25) is 4.79 Å². The van der Waals surface area contributed by atoms with Crippen LogP contribution in [0.25, 0.3) is 0 Å². The number of ether oxygens (including phenoxy) is 1. The predicted molar refractivity (Wildman–Crippen MR) is 80.2 cm³/mol. The van der Waals surface area contributed by atoms with Gasteiger partial charge < -0.3 is 15.0 Å². The number of carbonyl (C=O) groups excluding carboxylic acids is 1. The van der Waals surface area contributed by atoms with Crippen molar-refractivity contribution in [1.29, 1.82) is 0 Å². The van der Waals surface area contributed by atoms with E-state index in [1.807, 2.05) is 30.0 Å². The molecule has 1 atom stereocenters. The molecule has 0 radical (unpaired) electrons. The summed E-state index contributed by atoms with van der Waals surface area (Å²) in [5, 5.41) is 3.49. The number of nitrogens with one attached hydrogen (secondary N) is 1. The molecular formula is C16H24N2O2. The summed E-state index contributed by atoms with van der Waals surface area (Å²) < 4.78 is 5.19. The van der Waals surface area contributed by atoms with Crippen molar-refractivity contribution in [2.75, 3.05) is 26.7 Å². The minimum atomic E-state index is 0.0822. The molecule has 1 fully saturated rings. The quantitative estimate of drug-likeness (QED) is 0.897. The summed E-state index contributed by atoms with van der Waals surface area (Å²) in [6.07, 6.45) is 3.65. The van der Waals surface area contributed by atoms with Crippen molar-refractivity contribution < 1.29 is 9.53 Å². The van der Waals surface area contributed by atoms with E-state index in [1.54, 1.807) is 13.2 Å². The highest BCUT2D eigenvalue weighted by molar-refractivity contribution is 5.94. The predicted octanol–water partition coefficient (Wildman–Crippen LogP) is 2.30. The van der Waals surface area contributed by atoms with Crippen molar-refractivity contribution >= 4 is 5.91 Å². The zero-order chi connectivity index (χ0) is 14.4. The zero-order valence-electron chi connectivity index (χ0n) is 12.4. The number of piperidine rings is 1. The van der Waals surface area contributed by atoms with Gasteiger partial charge in [-0.25, -0.2) is 0 Å². The third kappa shape index (κ3) is 3.73. The molecule has 1 amide bonds. The highest BCUT2D eigenvalue weighted by Gasteiger charge is 2.20. The highest BCUT2D eigenvalue weighted by atomic mass is 16.5. The molecule has 1 heterocycles. The van der Waals surface area contributed by atoms with Crippen LogP contribution in [0.3, 0.4) is 0 Å². The van der Waals surface area contributed by atoms with Gasteiger partial charge in [-0.2, -0.15) is 0 Å². The number of rotatable bonds is 5. The summed E-state index contributed by atoms with van der Waals surface area (Å²) in [6, 6.07) is 7.80. The molecule has 1 N–H and O–H groups in total. The third-order valence-electron chi connectivity index (χ3n) is 3.84. The average Bonchev–Trinajstić information content (AvgIpc) is 2.53. The van der Waals surface area contributed by atoms with Gasteiger partial charge in [-0.15, -0.1) is 0 Å². The normalized spacial score (nSPS) is 18.6. The molecule has 4 heteroatoms. The first-order chi connectivity index (χ1) is 9.74. The molecule has 1 unspecified atom stereocenters. The molecule has 2 rings (SSSR count). The molecule has 1 aliphatic heterocycles. The van der Waals surface area contributed by atoms with Crippen molar-refractivity contribution in [3.05, 3.63) is 29.8 Å². The van der Waals surface area contributed by atoms with Crippen LogP contribution in [0.2, 0.25) is 0 Å². The van der Waals surface area contributed by atoms with E-state index in [1.165, 1.54) is 12.8 Å². The van der Waals surface area contributed by atoms with Gasteiger partial charge in [0.25, 0.3) is 5.91 Å². The minimum Gasteiger partial charge on any atom is -0.497 e. The van der Waals surface area contributed by atoms with Gasteiger partial charge in [-0.1, -0.05) is 12.5 Å². The number of benzene rings is 1. The van der Waals surface area contributed by atoms with E-state index in [9.17, 15) is 4.79 Å². The average molecular weight is 276 g/mol. The fourth-order valence-corrected chi connectivity index (χ4v) is 2.64. The molecule has 20 heavy (non-hydrogen) atoms.